The summed E-state index contributed by atoms with van der Waals surface area (Å²) in [5.74, 6) is -10.4. The normalized spacial score (nSPS) is 11.1. The molecule has 1 N–H and O–H groups in total. The minimum atomic E-state index is -2.30. The average Bonchev–Trinajstić information content (AvgIpc) is 3.21. The van der Waals surface area contributed by atoms with E-state index in [0.717, 1.165) is 6.21 Å². The Morgan fingerprint density at radius 3 is 2.27 bits per heavy atom. The highest BCUT2D eigenvalue weighted by Crippen LogP contribution is 2.34. The second-order valence-corrected chi connectivity index (χ2v) is 5.66. The number of anilines is 1. The van der Waals surface area contributed by atoms with Crippen molar-refractivity contribution in [1.29, 1.82) is 0 Å². The van der Waals surface area contributed by atoms with Gasteiger partial charge in [-0.05, 0) is 24.3 Å². The fraction of sp³-hybridized carbons (Fsp3) is 0.0556. The van der Waals surface area contributed by atoms with Crippen LogP contribution in [0.5, 0.6) is 5.75 Å². The highest BCUT2D eigenvalue weighted by Gasteiger charge is 2.25. The number of hydrogen-bond donors (Lipinski definition) is 1. The van der Waals surface area contributed by atoms with E-state index in [4.69, 9.17) is 9.15 Å². The number of halogens is 5. The van der Waals surface area contributed by atoms with Crippen LogP contribution in [0.25, 0.3) is 11.3 Å². The van der Waals surface area contributed by atoms with E-state index < -0.39 is 39.7 Å². The molecule has 0 amide bonds. The molecule has 0 atom stereocenters. The van der Waals surface area contributed by atoms with Crippen molar-refractivity contribution in [2.45, 2.75) is 0 Å². The van der Waals surface area contributed by atoms with Gasteiger partial charge in [-0.2, -0.15) is 5.10 Å². The molecule has 0 aliphatic heterocycles. The molecule has 0 fully saturated rings. The van der Waals surface area contributed by atoms with Crippen LogP contribution in [0.4, 0.5) is 33.3 Å². The number of rotatable bonds is 6. The van der Waals surface area contributed by atoms with Crippen molar-refractivity contribution >= 4 is 17.6 Å². The molecule has 1 aromatic heterocycles. The molecule has 0 radical (unpaired) electrons. The number of hydrogen-bond acceptors (Lipinski definition) is 6. The van der Waals surface area contributed by atoms with Crippen molar-refractivity contribution in [1.82, 2.24) is 0 Å². The molecule has 0 aliphatic rings. The van der Waals surface area contributed by atoms with E-state index in [1.165, 1.54) is 37.4 Å². The number of furan rings is 1. The Morgan fingerprint density at radius 2 is 1.67 bits per heavy atom. The Hall–Kier alpha value is -3.96. The third kappa shape index (κ3) is 3.79. The molecule has 0 unspecified atom stereocenters. The van der Waals surface area contributed by atoms with Gasteiger partial charge in [-0.3, -0.25) is 15.5 Å². The van der Waals surface area contributed by atoms with Gasteiger partial charge in [0.05, 0.1) is 23.8 Å². The molecule has 12 heteroatoms. The first-order valence-corrected chi connectivity index (χ1v) is 7.97. The first kappa shape index (κ1) is 20.8. The molecule has 2 aromatic carbocycles. The van der Waals surface area contributed by atoms with Gasteiger partial charge in [-0.15, -0.1) is 0 Å². The molecule has 3 rings (SSSR count). The molecule has 30 heavy (non-hydrogen) atoms. The lowest BCUT2D eigenvalue weighted by Crippen LogP contribution is -2.06. The number of methoxy groups -OCH3 is 1. The fourth-order valence-electron chi connectivity index (χ4n) is 2.43. The van der Waals surface area contributed by atoms with Crippen LogP contribution < -0.4 is 10.2 Å². The van der Waals surface area contributed by atoms with Crippen LogP contribution in [0.15, 0.2) is 39.9 Å². The van der Waals surface area contributed by atoms with Gasteiger partial charge in [0.1, 0.15) is 23.0 Å². The van der Waals surface area contributed by atoms with Crippen LogP contribution in [0.2, 0.25) is 0 Å². The predicted octanol–water partition coefficient (Wildman–Crippen LogP) is 5.00. The number of nitrogens with zero attached hydrogens (tertiary/aromatic N) is 2. The van der Waals surface area contributed by atoms with Gasteiger partial charge < -0.3 is 9.15 Å². The number of nitro benzene ring substituents is 1. The summed E-state index contributed by atoms with van der Waals surface area (Å²) in [5.41, 5.74) is 0.190. The number of nitro groups is 1. The maximum atomic E-state index is 13.6. The Kier molecular flexibility index (Phi) is 5.67. The first-order chi connectivity index (χ1) is 14.2. The third-order valence-electron chi connectivity index (χ3n) is 3.87. The van der Waals surface area contributed by atoms with Gasteiger partial charge >= 0.3 is 0 Å². The van der Waals surface area contributed by atoms with Gasteiger partial charge in [0, 0.05) is 6.07 Å². The van der Waals surface area contributed by atoms with Crippen molar-refractivity contribution in [2.75, 3.05) is 12.5 Å². The monoisotopic (exact) mass is 427 g/mol. The Morgan fingerprint density at radius 1 is 1.03 bits per heavy atom. The van der Waals surface area contributed by atoms with Crippen LogP contribution in [0, 0.1) is 39.2 Å². The fourth-order valence-corrected chi connectivity index (χ4v) is 2.43. The summed E-state index contributed by atoms with van der Waals surface area (Å²) in [6, 6.07) is 6.66. The van der Waals surface area contributed by atoms with Crippen molar-refractivity contribution < 1.29 is 36.0 Å². The summed E-state index contributed by atoms with van der Waals surface area (Å²) in [7, 11) is 1.37. The second kappa shape index (κ2) is 8.19. The zero-order valence-electron chi connectivity index (χ0n) is 14.9. The molecule has 0 aliphatic carbocycles. The van der Waals surface area contributed by atoms with Gasteiger partial charge in [0.2, 0.25) is 5.82 Å². The molecule has 156 valence electrons. The van der Waals surface area contributed by atoms with Crippen molar-refractivity contribution in [3.8, 4) is 17.1 Å². The van der Waals surface area contributed by atoms with Crippen LogP contribution >= 0.6 is 0 Å². The van der Waals surface area contributed by atoms with E-state index in [1.54, 1.807) is 5.43 Å². The van der Waals surface area contributed by atoms with Crippen molar-refractivity contribution in [3.63, 3.8) is 0 Å². The van der Waals surface area contributed by atoms with Gasteiger partial charge in [-0.1, -0.05) is 0 Å². The smallest absolute Gasteiger partial charge is 0.280 e. The first-order valence-electron chi connectivity index (χ1n) is 7.97. The highest BCUT2D eigenvalue weighted by atomic mass is 19.2. The minimum absolute atomic E-state index is 0.0292. The largest absolute Gasteiger partial charge is 0.497 e. The van der Waals surface area contributed by atoms with Crippen LogP contribution in [0.3, 0.4) is 0 Å². The SMILES string of the molecule is COc1ccc([N+](=O)[O-])c(-c2ccc(/C=N\Nc3c(F)c(F)c(F)c(F)c3F)o2)c1. The summed E-state index contributed by atoms with van der Waals surface area (Å²) in [6.07, 6.45) is 0.882. The Balaban J connectivity index is 1.87. The molecule has 1 heterocycles. The predicted molar refractivity (Wildman–Crippen MR) is 94.8 cm³/mol. The second-order valence-electron chi connectivity index (χ2n) is 5.66. The van der Waals surface area contributed by atoms with Gasteiger partial charge in [0.25, 0.3) is 5.69 Å². The van der Waals surface area contributed by atoms with Crippen LogP contribution in [-0.2, 0) is 0 Å². The van der Waals surface area contributed by atoms with Gasteiger partial charge in [0.15, 0.2) is 23.3 Å². The Labute approximate surface area is 164 Å². The van der Waals surface area contributed by atoms with Gasteiger partial charge in [-0.25, -0.2) is 22.0 Å². The summed E-state index contributed by atoms with van der Waals surface area (Å²) in [4.78, 5) is 10.6. The third-order valence-corrected chi connectivity index (χ3v) is 3.87. The van der Waals surface area contributed by atoms with E-state index >= 15 is 0 Å². The molecule has 0 saturated heterocycles. The lowest BCUT2D eigenvalue weighted by Gasteiger charge is -2.06. The lowest BCUT2D eigenvalue weighted by molar-refractivity contribution is -0.384. The summed E-state index contributed by atoms with van der Waals surface area (Å²) in [5, 5.41) is 14.6. The minimum Gasteiger partial charge on any atom is -0.497 e. The molecule has 0 spiro atoms. The standard InChI is InChI=1S/C18H10F5N3O4/c1-29-8-2-4-11(26(27)28)10(6-8)12-5-3-9(30-12)7-24-25-18-16(22)14(20)13(19)15(21)17(18)23/h2-7,25H,1H3/b24-7-. The molecular weight excluding hydrogens is 417 g/mol. The molecule has 0 bridgehead atoms. The van der Waals surface area contributed by atoms with Crippen molar-refractivity contribution in [3.05, 3.63) is 75.3 Å². The van der Waals surface area contributed by atoms with E-state index in [-0.39, 0.29) is 22.8 Å². The molecular formula is C18H10F5N3O4. The number of ether oxygens (including phenoxy) is 1. The topological polar surface area (TPSA) is 89.9 Å². The lowest BCUT2D eigenvalue weighted by atomic mass is 10.1. The van der Waals surface area contributed by atoms with E-state index in [2.05, 4.69) is 5.10 Å². The zero-order valence-corrected chi connectivity index (χ0v) is 14.9. The maximum Gasteiger partial charge on any atom is 0.280 e. The van der Waals surface area contributed by atoms with E-state index in [9.17, 15) is 32.1 Å². The average molecular weight is 427 g/mol. The molecule has 7 nitrogen and oxygen atoms in total. The highest BCUT2D eigenvalue weighted by molar-refractivity contribution is 5.79. The number of nitrogens with one attached hydrogen (secondary N) is 1. The van der Waals surface area contributed by atoms with E-state index in [1.807, 2.05) is 0 Å². The molecule has 3 aromatic rings. The summed E-state index contributed by atoms with van der Waals surface area (Å²) >= 11 is 0. The Bertz CT molecular complexity index is 1130. The molecule has 0 saturated carbocycles. The summed E-state index contributed by atoms with van der Waals surface area (Å²) in [6.45, 7) is 0. The zero-order chi connectivity index (χ0) is 22.0. The maximum absolute atomic E-state index is 13.6. The van der Waals surface area contributed by atoms with E-state index in [0.29, 0.717) is 5.75 Å². The number of benzene rings is 2. The van der Waals surface area contributed by atoms with Crippen LogP contribution in [-0.4, -0.2) is 18.2 Å². The number of hydrazone groups is 1. The van der Waals surface area contributed by atoms with Crippen LogP contribution in [0.1, 0.15) is 5.76 Å². The van der Waals surface area contributed by atoms with Crippen molar-refractivity contribution in [2.24, 2.45) is 5.10 Å². The quantitative estimate of drug-likeness (QED) is 0.149. The summed E-state index contributed by atoms with van der Waals surface area (Å²) < 4.78 is 77.0.